The Bertz CT molecular complexity index is 802. The molecule has 0 unspecified atom stereocenters. The largest absolute Gasteiger partial charge is 0.419 e. The van der Waals surface area contributed by atoms with Crippen LogP contribution >= 0.6 is 23.2 Å². The number of hydrogen-bond acceptors (Lipinski definition) is 4. The maximum absolute atomic E-state index is 6.12. The Morgan fingerprint density at radius 1 is 1.09 bits per heavy atom. The Kier molecular flexibility index (Phi) is 4.32. The number of aryl methyl sites for hydroxylation is 1. The van der Waals surface area contributed by atoms with Gasteiger partial charge in [0.2, 0.25) is 11.8 Å². The molecule has 22 heavy (non-hydrogen) atoms. The molecular formula is C16H13Cl2N3O. The first kappa shape index (κ1) is 14.9. The zero-order valence-corrected chi connectivity index (χ0v) is 13.3. The normalized spacial score (nSPS) is 10.7. The van der Waals surface area contributed by atoms with Crippen molar-refractivity contribution in [1.82, 2.24) is 10.2 Å². The number of halogens is 2. The molecule has 0 atom stereocenters. The van der Waals surface area contributed by atoms with Crippen molar-refractivity contribution >= 4 is 28.9 Å². The zero-order valence-electron chi connectivity index (χ0n) is 11.8. The molecule has 0 spiro atoms. The van der Waals surface area contributed by atoms with Gasteiger partial charge in [0, 0.05) is 5.56 Å². The minimum absolute atomic E-state index is 0.374. The maximum Gasteiger partial charge on any atom is 0.247 e. The van der Waals surface area contributed by atoms with Crippen molar-refractivity contribution in [2.75, 3.05) is 5.32 Å². The lowest BCUT2D eigenvalue weighted by molar-refractivity contribution is 0.515. The van der Waals surface area contributed by atoms with E-state index in [4.69, 9.17) is 27.6 Å². The fourth-order valence-electron chi connectivity index (χ4n) is 2.03. The molecule has 2 aromatic carbocycles. The summed E-state index contributed by atoms with van der Waals surface area (Å²) in [6.07, 6.45) is 0. The molecule has 1 heterocycles. The van der Waals surface area contributed by atoms with Crippen molar-refractivity contribution in [3.05, 3.63) is 64.0 Å². The van der Waals surface area contributed by atoms with E-state index in [0.29, 0.717) is 28.4 Å². The summed E-state index contributed by atoms with van der Waals surface area (Å²) < 4.78 is 5.66. The second kappa shape index (κ2) is 6.38. The quantitative estimate of drug-likeness (QED) is 0.732. The summed E-state index contributed by atoms with van der Waals surface area (Å²) in [6.45, 7) is 2.39. The second-order valence-corrected chi connectivity index (χ2v) is 5.61. The summed E-state index contributed by atoms with van der Waals surface area (Å²) >= 11 is 12.1. The lowest BCUT2D eigenvalue weighted by Crippen LogP contribution is -2.00. The number of nitrogens with zero attached hydrogens (tertiary/aromatic N) is 2. The third kappa shape index (κ3) is 3.24. The van der Waals surface area contributed by atoms with Gasteiger partial charge in [0.05, 0.1) is 22.3 Å². The van der Waals surface area contributed by atoms with E-state index < -0.39 is 0 Å². The van der Waals surface area contributed by atoms with E-state index in [1.54, 1.807) is 6.07 Å². The van der Waals surface area contributed by atoms with E-state index in [1.807, 2.05) is 43.3 Å². The van der Waals surface area contributed by atoms with Gasteiger partial charge in [-0.25, -0.2) is 0 Å². The molecule has 4 nitrogen and oxygen atoms in total. The number of anilines is 1. The third-order valence-corrected chi connectivity index (χ3v) is 3.93. The van der Waals surface area contributed by atoms with Crippen LogP contribution in [0.15, 0.2) is 46.9 Å². The smallest absolute Gasteiger partial charge is 0.247 e. The first-order chi connectivity index (χ1) is 10.6. The van der Waals surface area contributed by atoms with E-state index in [-0.39, 0.29) is 0 Å². The van der Waals surface area contributed by atoms with Gasteiger partial charge in [0.1, 0.15) is 0 Å². The van der Waals surface area contributed by atoms with Crippen LogP contribution in [0, 0.1) is 6.92 Å². The van der Waals surface area contributed by atoms with Crippen molar-refractivity contribution in [3.63, 3.8) is 0 Å². The van der Waals surface area contributed by atoms with Crippen LogP contribution in [0.1, 0.15) is 11.5 Å². The van der Waals surface area contributed by atoms with Gasteiger partial charge in [0.15, 0.2) is 0 Å². The average Bonchev–Trinajstić information content (AvgIpc) is 2.98. The molecule has 1 N–H and O–H groups in total. The Morgan fingerprint density at radius 2 is 1.91 bits per heavy atom. The van der Waals surface area contributed by atoms with Crippen molar-refractivity contribution in [1.29, 1.82) is 0 Å². The van der Waals surface area contributed by atoms with E-state index in [9.17, 15) is 0 Å². The van der Waals surface area contributed by atoms with Crippen LogP contribution in [0.2, 0.25) is 10.0 Å². The summed E-state index contributed by atoms with van der Waals surface area (Å²) in [5.41, 5.74) is 2.77. The van der Waals surface area contributed by atoms with Gasteiger partial charge in [-0.2, -0.15) is 0 Å². The zero-order chi connectivity index (χ0) is 15.5. The van der Waals surface area contributed by atoms with Gasteiger partial charge < -0.3 is 9.73 Å². The molecule has 0 aliphatic heterocycles. The number of hydrogen-bond donors (Lipinski definition) is 1. The van der Waals surface area contributed by atoms with Gasteiger partial charge in [-0.3, -0.25) is 0 Å². The highest BCUT2D eigenvalue weighted by Gasteiger charge is 2.10. The Labute approximate surface area is 138 Å². The molecule has 6 heteroatoms. The van der Waals surface area contributed by atoms with Gasteiger partial charge >= 0.3 is 0 Å². The summed E-state index contributed by atoms with van der Waals surface area (Å²) in [5, 5.41) is 12.2. The number of nitrogens with one attached hydrogen (secondary N) is 1. The Balaban J connectivity index is 1.73. The number of benzene rings is 2. The molecule has 0 amide bonds. The molecular weight excluding hydrogens is 321 g/mol. The van der Waals surface area contributed by atoms with Crippen LogP contribution in [0.3, 0.4) is 0 Å². The summed E-state index contributed by atoms with van der Waals surface area (Å²) in [7, 11) is 0. The number of aromatic nitrogens is 2. The molecule has 0 radical (unpaired) electrons. The van der Waals surface area contributed by atoms with E-state index >= 15 is 0 Å². The maximum atomic E-state index is 6.12. The van der Waals surface area contributed by atoms with Crippen LogP contribution in [-0.4, -0.2) is 10.2 Å². The van der Waals surface area contributed by atoms with Gasteiger partial charge in [-0.15, -0.1) is 10.2 Å². The van der Waals surface area contributed by atoms with E-state index in [1.165, 1.54) is 0 Å². The SMILES string of the molecule is Cc1cccc(-c2nnc(CNc3cccc(Cl)c3Cl)o2)c1. The van der Waals surface area contributed by atoms with Crippen LogP contribution in [0.5, 0.6) is 0 Å². The molecule has 0 aliphatic rings. The summed E-state index contributed by atoms with van der Waals surface area (Å²) in [4.78, 5) is 0. The number of rotatable bonds is 4. The van der Waals surface area contributed by atoms with Crippen molar-refractivity contribution in [2.45, 2.75) is 13.5 Å². The molecule has 0 fully saturated rings. The minimum Gasteiger partial charge on any atom is -0.419 e. The van der Waals surface area contributed by atoms with Crippen molar-refractivity contribution < 1.29 is 4.42 Å². The monoisotopic (exact) mass is 333 g/mol. The third-order valence-electron chi connectivity index (χ3n) is 3.11. The van der Waals surface area contributed by atoms with Gasteiger partial charge in [0.25, 0.3) is 0 Å². The predicted octanol–water partition coefficient (Wildman–Crippen LogP) is 4.96. The Morgan fingerprint density at radius 3 is 2.73 bits per heavy atom. The van der Waals surface area contributed by atoms with Gasteiger partial charge in [-0.05, 0) is 31.2 Å². The van der Waals surface area contributed by atoms with Crippen LogP contribution in [0.25, 0.3) is 11.5 Å². The first-order valence-electron chi connectivity index (χ1n) is 6.71. The first-order valence-corrected chi connectivity index (χ1v) is 7.46. The predicted molar refractivity (Wildman–Crippen MR) is 88.3 cm³/mol. The lowest BCUT2D eigenvalue weighted by atomic mass is 10.1. The lowest BCUT2D eigenvalue weighted by Gasteiger charge is -2.06. The van der Waals surface area contributed by atoms with Crippen LogP contribution in [-0.2, 0) is 6.54 Å². The standard InChI is InChI=1S/C16H13Cl2N3O/c1-10-4-2-5-11(8-10)16-21-20-14(22-16)9-19-13-7-3-6-12(17)15(13)18/h2-8,19H,9H2,1H3. The molecule has 112 valence electrons. The van der Waals surface area contributed by atoms with E-state index in [0.717, 1.165) is 16.8 Å². The van der Waals surface area contributed by atoms with Crippen LogP contribution < -0.4 is 5.32 Å². The molecule has 3 aromatic rings. The summed E-state index contributed by atoms with van der Waals surface area (Å²) in [6, 6.07) is 13.3. The molecule has 1 aromatic heterocycles. The molecule has 0 aliphatic carbocycles. The molecule has 0 saturated carbocycles. The molecule has 0 bridgehead atoms. The highest BCUT2D eigenvalue weighted by atomic mass is 35.5. The fraction of sp³-hybridized carbons (Fsp3) is 0.125. The highest BCUT2D eigenvalue weighted by molar-refractivity contribution is 6.43. The molecule has 0 saturated heterocycles. The van der Waals surface area contributed by atoms with Crippen molar-refractivity contribution in [2.24, 2.45) is 0 Å². The molecule has 3 rings (SSSR count). The summed E-state index contributed by atoms with van der Waals surface area (Å²) in [5.74, 6) is 0.977. The Hall–Kier alpha value is -2.04. The average molecular weight is 334 g/mol. The van der Waals surface area contributed by atoms with Crippen molar-refractivity contribution in [3.8, 4) is 11.5 Å². The van der Waals surface area contributed by atoms with Gasteiger partial charge in [-0.1, -0.05) is 47.0 Å². The topological polar surface area (TPSA) is 51.0 Å². The fourth-order valence-corrected chi connectivity index (χ4v) is 2.40. The second-order valence-electron chi connectivity index (χ2n) is 4.83. The van der Waals surface area contributed by atoms with E-state index in [2.05, 4.69) is 15.5 Å². The van der Waals surface area contributed by atoms with Crippen LogP contribution in [0.4, 0.5) is 5.69 Å². The minimum atomic E-state index is 0.374. The highest BCUT2D eigenvalue weighted by Crippen LogP contribution is 2.29.